The molecule has 3 rings (SSSR count). The van der Waals surface area contributed by atoms with Gasteiger partial charge in [-0.1, -0.05) is 6.92 Å². The highest BCUT2D eigenvalue weighted by atomic mass is 16.5. The van der Waals surface area contributed by atoms with Gasteiger partial charge >= 0.3 is 6.01 Å². The van der Waals surface area contributed by atoms with Gasteiger partial charge in [0.15, 0.2) is 0 Å². The first-order chi connectivity index (χ1) is 10.5. The molecule has 0 spiro atoms. The van der Waals surface area contributed by atoms with Crippen LogP contribution in [0.15, 0.2) is 6.20 Å². The molecule has 22 heavy (non-hydrogen) atoms. The molecule has 2 fully saturated rings. The Labute approximate surface area is 129 Å². The van der Waals surface area contributed by atoms with Gasteiger partial charge in [-0.3, -0.25) is 4.79 Å². The fourth-order valence-corrected chi connectivity index (χ4v) is 2.67. The Bertz CT molecular complexity index is 562. The van der Waals surface area contributed by atoms with Gasteiger partial charge in [0.1, 0.15) is 17.5 Å². The lowest BCUT2D eigenvalue weighted by atomic mass is 9.85. The number of hydrogen-bond acceptors (Lipinski definition) is 6. The lowest BCUT2D eigenvalue weighted by molar-refractivity contribution is 0.0739. The second-order valence-corrected chi connectivity index (χ2v) is 6.30. The van der Waals surface area contributed by atoms with Gasteiger partial charge in [-0.2, -0.15) is 4.98 Å². The van der Waals surface area contributed by atoms with Crippen molar-refractivity contribution in [2.45, 2.75) is 57.3 Å². The van der Waals surface area contributed by atoms with Crippen LogP contribution in [0.1, 0.15) is 49.4 Å². The third kappa shape index (κ3) is 3.47. The summed E-state index contributed by atoms with van der Waals surface area (Å²) < 4.78 is 5.56. The van der Waals surface area contributed by atoms with Crippen molar-refractivity contribution in [1.82, 2.24) is 9.97 Å². The van der Waals surface area contributed by atoms with Gasteiger partial charge in [-0.25, -0.2) is 4.98 Å². The minimum Gasteiger partial charge on any atom is -0.460 e. The number of hydrogen-bond donors (Lipinski definition) is 3. The normalized spacial score (nSPS) is 28.2. The second-order valence-electron chi connectivity index (χ2n) is 6.30. The van der Waals surface area contributed by atoms with Crippen LogP contribution in [0.5, 0.6) is 6.01 Å². The van der Waals surface area contributed by atoms with Crippen LogP contribution in [-0.2, 0) is 0 Å². The molecule has 1 aromatic heterocycles. The summed E-state index contributed by atoms with van der Waals surface area (Å²) in [7, 11) is 0. The number of rotatable bonds is 5. The van der Waals surface area contributed by atoms with Gasteiger partial charge < -0.3 is 20.9 Å². The molecule has 7 nitrogen and oxygen atoms in total. The molecule has 0 unspecified atom stereocenters. The Kier molecular flexibility index (Phi) is 4.15. The van der Waals surface area contributed by atoms with Crippen LogP contribution in [0.4, 0.5) is 5.82 Å². The molecule has 2 aliphatic rings. The standard InChI is InChI=1S/C15H22N4O3/c1-8-2-3-9(6-12(8)20)18-14-11(13(16)21)7-17-15(19-14)22-10-4-5-10/h7-10,12,20H,2-6H2,1H3,(H2,16,21)(H,17,18,19)/t8-,9-,12-/m1/s1. The number of anilines is 1. The number of aliphatic hydroxyl groups excluding tert-OH is 1. The Balaban J connectivity index is 1.75. The van der Waals surface area contributed by atoms with Crippen LogP contribution < -0.4 is 15.8 Å². The highest BCUT2D eigenvalue weighted by Crippen LogP contribution is 2.29. The van der Waals surface area contributed by atoms with Crippen LogP contribution in [0.2, 0.25) is 0 Å². The molecule has 3 atom stereocenters. The number of nitrogens with two attached hydrogens (primary N) is 1. The van der Waals surface area contributed by atoms with E-state index in [2.05, 4.69) is 15.3 Å². The Hall–Kier alpha value is -1.89. The first-order valence-corrected chi connectivity index (χ1v) is 7.81. The minimum absolute atomic E-state index is 0.0629. The van der Waals surface area contributed by atoms with Crippen molar-refractivity contribution in [3.63, 3.8) is 0 Å². The van der Waals surface area contributed by atoms with Crippen LogP contribution in [0.3, 0.4) is 0 Å². The molecule has 4 N–H and O–H groups in total. The van der Waals surface area contributed by atoms with Crippen molar-refractivity contribution >= 4 is 11.7 Å². The van der Waals surface area contributed by atoms with Crippen molar-refractivity contribution in [3.05, 3.63) is 11.8 Å². The van der Waals surface area contributed by atoms with E-state index in [0.717, 1.165) is 25.7 Å². The zero-order valence-electron chi connectivity index (χ0n) is 12.7. The summed E-state index contributed by atoms with van der Waals surface area (Å²) in [6, 6.07) is 0.327. The summed E-state index contributed by atoms with van der Waals surface area (Å²) >= 11 is 0. The molecule has 0 saturated heterocycles. The van der Waals surface area contributed by atoms with Gasteiger partial charge in [0, 0.05) is 12.2 Å². The summed E-state index contributed by atoms with van der Waals surface area (Å²) in [6.45, 7) is 2.04. The van der Waals surface area contributed by atoms with Gasteiger partial charge in [0.2, 0.25) is 0 Å². The van der Waals surface area contributed by atoms with E-state index in [4.69, 9.17) is 10.5 Å². The third-order valence-electron chi connectivity index (χ3n) is 4.32. The number of nitrogens with zero attached hydrogens (tertiary/aromatic N) is 2. The van der Waals surface area contributed by atoms with Gasteiger partial charge in [-0.05, 0) is 38.0 Å². The number of primary amides is 1. The average molecular weight is 306 g/mol. The lowest BCUT2D eigenvalue weighted by Gasteiger charge is -2.32. The number of carbonyl (C=O) groups excluding carboxylic acids is 1. The second kappa shape index (κ2) is 6.08. The quantitative estimate of drug-likeness (QED) is 0.750. The maximum atomic E-state index is 11.5. The number of amides is 1. The van der Waals surface area contributed by atoms with Crippen LogP contribution >= 0.6 is 0 Å². The number of nitrogens with one attached hydrogen (secondary N) is 1. The number of ether oxygens (including phenoxy) is 1. The van der Waals surface area contributed by atoms with Crippen molar-refractivity contribution in [1.29, 1.82) is 0 Å². The van der Waals surface area contributed by atoms with Gasteiger partial charge in [0.25, 0.3) is 5.91 Å². The summed E-state index contributed by atoms with van der Waals surface area (Å²) in [4.78, 5) is 19.9. The molecule has 1 amide bonds. The van der Waals surface area contributed by atoms with E-state index in [9.17, 15) is 9.90 Å². The molecule has 1 heterocycles. The van der Waals surface area contributed by atoms with E-state index >= 15 is 0 Å². The SMILES string of the molecule is C[C@@H]1CC[C@@H](Nc2nc(OC3CC3)ncc2C(N)=O)C[C@H]1O. The Morgan fingerprint density at radius 2 is 2.18 bits per heavy atom. The van der Waals surface area contributed by atoms with E-state index < -0.39 is 5.91 Å². The van der Waals surface area contributed by atoms with Crippen molar-refractivity contribution < 1.29 is 14.6 Å². The van der Waals surface area contributed by atoms with E-state index in [0.29, 0.717) is 18.2 Å². The fraction of sp³-hybridized carbons (Fsp3) is 0.667. The van der Waals surface area contributed by atoms with Gasteiger partial charge in [0.05, 0.1) is 6.10 Å². The van der Waals surface area contributed by atoms with E-state index in [1.807, 2.05) is 6.92 Å². The van der Waals surface area contributed by atoms with Crippen molar-refractivity contribution in [2.75, 3.05) is 5.32 Å². The molecule has 0 radical (unpaired) electrons. The van der Waals surface area contributed by atoms with Crippen molar-refractivity contribution in [3.8, 4) is 6.01 Å². The molecular formula is C15H22N4O3. The van der Waals surface area contributed by atoms with Gasteiger partial charge in [-0.15, -0.1) is 0 Å². The van der Waals surface area contributed by atoms with E-state index in [1.165, 1.54) is 6.20 Å². The molecule has 2 aliphatic carbocycles. The Morgan fingerprint density at radius 3 is 2.82 bits per heavy atom. The average Bonchev–Trinajstić information content (AvgIpc) is 3.27. The largest absolute Gasteiger partial charge is 0.460 e. The topological polar surface area (TPSA) is 110 Å². The van der Waals surface area contributed by atoms with Crippen molar-refractivity contribution in [2.24, 2.45) is 11.7 Å². The Morgan fingerprint density at radius 1 is 1.41 bits per heavy atom. The summed E-state index contributed by atoms with van der Waals surface area (Å²) in [5.74, 6) is 0.114. The lowest BCUT2D eigenvalue weighted by Crippen LogP contribution is -2.35. The number of carbonyl (C=O) groups is 1. The predicted molar refractivity (Wildman–Crippen MR) is 80.6 cm³/mol. The predicted octanol–water partition coefficient (Wildman–Crippen LogP) is 1.08. The zero-order valence-corrected chi connectivity index (χ0v) is 12.7. The van der Waals surface area contributed by atoms with E-state index in [1.54, 1.807) is 0 Å². The molecule has 1 aromatic rings. The molecular weight excluding hydrogens is 284 g/mol. The molecule has 0 aromatic carbocycles. The van der Waals surface area contributed by atoms with E-state index in [-0.39, 0.29) is 29.8 Å². The highest BCUT2D eigenvalue weighted by molar-refractivity contribution is 5.97. The number of aliphatic hydroxyl groups is 1. The molecule has 7 heteroatoms. The number of aromatic nitrogens is 2. The fourth-order valence-electron chi connectivity index (χ4n) is 2.67. The smallest absolute Gasteiger partial charge is 0.318 e. The first-order valence-electron chi connectivity index (χ1n) is 7.81. The van der Waals surface area contributed by atoms with Crippen LogP contribution in [-0.4, -0.2) is 39.2 Å². The zero-order chi connectivity index (χ0) is 15.7. The summed E-state index contributed by atoms with van der Waals surface area (Å²) in [6.07, 6.45) is 5.74. The van der Waals surface area contributed by atoms with Crippen LogP contribution in [0, 0.1) is 5.92 Å². The molecule has 2 saturated carbocycles. The minimum atomic E-state index is -0.579. The monoisotopic (exact) mass is 306 g/mol. The maximum Gasteiger partial charge on any atom is 0.318 e. The summed E-state index contributed by atoms with van der Waals surface area (Å²) in [5.41, 5.74) is 5.63. The first kappa shape index (κ1) is 15.0. The highest BCUT2D eigenvalue weighted by Gasteiger charge is 2.28. The van der Waals surface area contributed by atoms with Crippen LogP contribution in [0.25, 0.3) is 0 Å². The molecule has 120 valence electrons. The summed E-state index contributed by atoms with van der Waals surface area (Å²) in [5, 5.41) is 13.2. The third-order valence-corrected chi connectivity index (χ3v) is 4.32. The maximum absolute atomic E-state index is 11.5. The molecule has 0 aliphatic heterocycles. The molecule has 0 bridgehead atoms.